The van der Waals surface area contributed by atoms with Crippen LogP contribution in [0.15, 0.2) is 16.6 Å². The fourth-order valence-corrected chi connectivity index (χ4v) is 2.05. The lowest BCUT2D eigenvalue weighted by Crippen LogP contribution is -2.23. The first kappa shape index (κ1) is 18.1. The lowest BCUT2D eigenvalue weighted by Gasteiger charge is -2.13. The number of hydrogen-bond donors (Lipinski definition) is 1. The van der Waals surface area contributed by atoms with E-state index in [2.05, 4.69) is 26.0 Å². The van der Waals surface area contributed by atoms with Gasteiger partial charge in [0.25, 0.3) is 0 Å². The molecule has 0 saturated heterocycles. The van der Waals surface area contributed by atoms with Crippen LogP contribution >= 0.6 is 15.9 Å². The van der Waals surface area contributed by atoms with E-state index in [4.69, 9.17) is 9.47 Å². The molecule has 1 aromatic rings. The van der Waals surface area contributed by atoms with Gasteiger partial charge >= 0.3 is 6.18 Å². The van der Waals surface area contributed by atoms with E-state index < -0.39 is 12.8 Å². The molecule has 4 nitrogen and oxygen atoms in total. The van der Waals surface area contributed by atoms with E-state index in [9.17, 15) is 13.2 Å². The second kappa shape index (κ2) is 8.45. The number of nitrogens with one attached hydrogen (secondary N) is 1. The second-order valence-corrected chi connectivity index (χ2v) is 5.00. The summed E-state index contributed by atoms with van der Waals surface area (Å²) in [5, 5.41) is 3.00. The third-order valence-electron chi connectivity index (χ3n) is 2.56. The molecule has 21 heavy (non-hydrogen) atoms. The van der Waals surface area contributed by atoms with Gasteiger partial charge in [0.15, 0.2) is 11.5 Å². The molecular formula is C13H17BrF3NO3. The van der Waals surface area contributed by atoms with Crippen molar-refractivity contribution in [3.63, 3.8) is 0 Å². The number of hydrogen-bond acceptors (Lipinski definition) is 4. The number of ether oxygens (including phenoxy) is 3. The Morgan fingerprint density at radius 3 is 2.33 bits per heavy atom. The summed E-state index contributed by atoms with van der Waals surface area (Å²) >= 11 is 3.40. The Kier molecular flexibility index (Phi) is 7.27. The highest BCUT2D eigenvalue weighted by Crippen LogP contribution is 2.33. The van der Waals surface area contributed by atoms with Gasteiger partial charge in [0, 0.05) is 17.6 Å². The molecule has 1 N–H and O–H groups in total. The number of rotatable bonds is 8. The third-order valence-corrected chi connectivity index (χ3v) is 3.30. The minimum Gasteiger partial charge on any atom is -0.493 e. The predicted octanol–water partition coefficient (Wildman–Crippen LogP) is 3.13. The minimum absolute atomic E-state index is 0.00951. The topological polar surface area (TPSA) is 39.7 Å². The Balaban J connectivity index is 2.42. The van der Waals surface area contributed by atoms with Crippen molar-refractivity contribution >= 4 is 15.9 Å². The zero-order valence-electron chi connectivity index (χ0n) is 11.7. The van der Waals surface area contributed by atoms with Crippen LogP contribution in [-0.2, 0) is 11.3 Å². The van der Waals surface area contributed by atoms with Crippen LogP contribution in [0, 0.1) is 0 Å². The third kappa shape index (κ3) is 6.54. The van der Waals surface area contributed by atoms with E-state index in [1.165, 1.54) is 7.11 Å². The molecule has 0 fully saturated rings. The normalized spacial score (nSPS) is 11.5. The Morgan fingerprint density at radius 1 is 1.14 bits per heavy atom. The summed E-state index contributed by atoms with van der Waals surface area (Å²) < 4.78 is 51.3. The summed E-state index contributed by atoms with van der Waals surface area (Å²) in [6, 6.07) is 3.57. The van der Waals surface area contributed by atoms with Crippen molar-refractivity contribution in [1.82, 2.24) is 5.32 Å². The molecule has 1 rings (SSSR count). The Bertz CT molecular complexity index is 455. The molecule has 0 aromatic heterocycles. The number of halogens is 4. The Labute approximate surface area is 129 Å². The monoisotopic (exact) mass is 371 g/mol. The molecule has 0 amide bonds. The molecule has 0 heterocycles. The van der Waals surface area contributed by atoms with Gasteiger partial charge in [-0.25, -0.2) is 0 Å². The van der Waals surface area contributed by atoms with Crippen LogP contribution in [0.3, 0.4) is 0 Å². The second-order valence-electron chi connectivity index (χ2n) is 4.14. The van der Waals surface area contributed by atoms with Gasteiger partial charge in [-0.3, -0.25) is 0 Å². The van der Waals surface area contributed by atoms with Crippen LogP contribution in [0.1, 0.15) is 5.56 Å². The summed E-state index contributed by atoms with van der Waals surface area (Å²) in [7, 11) is 3.08. The number of benzene rings is 1. The maximum atomic E-state index is 11.9. The first-order valence-electron chi connectivity index (χ1n) is 6.13. The Hall–Kier alpha value is -0.990. The SMILES string of the molecule is COc1cc(Br)c(CNCCOCC(F)(F)F)cc1OC. The average Bonchev–Trinajstić information content (AvgIpc) is 2.42. The van der Waals surface area contributed by atoms with Gasteiger partial charge < -0.3 is 19.5 Å². The van der Waals surface area contributed by atoms with E-state index in [0.717, 1.165) is 10.0 Å². The smallest absolute Gasteiger partial charge is 0.411 e. The van der Waals surface area contributed by atoms with Crippen molar-refractivity contribution in [1.29, 1.82) is 0 Å². The molecule has 120 valence electrons. The van der Waals surface area contributed by atoms with Gasteiger partial charge in [0.1, 0.15) is 6.61 Å². The van der Waals surface area contributed by atoms with Gasteiger partial charge in [0.05, 0.1) is 20.8 Å². The van der Waals surface area contributed by atoms with Gasteiger partial charge in [-0.05, 0) is 17.7 Å². The Morgan fingerprint density at radius 2 is 1.76 bits per heavy atom. The summed E-state index contributed by atoms with van der Waals surface area (Å²) in [5.41, 5.74) is 0.906. The van der Waals surface area contributed by atoms with Crippen LogP contribution in [-0.4, -0.2) is 40.2 Å². The van der Waals surface area contributed by atoms with E-state index in [1.54, 1.807) is 19.2 Å². The first-order valence-corrected chi connectivity index (χ1v) is 6.92. The van der Waals surface area contributed by atoms with Crippen LogP contribution in [0.4, 0.5) is 13.2 Å². The van der Waals surface area contributed by atoms with Crippen molar-refractivity contribution in [3.8, 4) is 11.5 Å². The van der Waals surface area contributed by atoms with E-state index in [0.29, 0.717) is 24.6 Å². The summed E-state index contributed by atoms with van der Waals surface area (Å²) in [6.45, 7) is -0.452. The molecule has 0 aliphatic rings. The van der Waals surface area contributed by atoms with Crippen molar-refractivity contribution in [2.45, 2.75) is 12.7 Å². The number of methoxy groups -OCH3 is 2. The van der Waals surface area contributed by atoms with Gasteiger partial charge in [0.2, 0.25) is 0 Å². The minimum atomic E-state index is -4.29. The fraction of sp³-hybridized carbons (Fsp3) is 0.538. The molecule has 0 atom stereocenters. The largest absolute Gasteiger partial charge is 0.493 e. The number of alkyl halides is 3. The van der Waals surface area contributed by atoms with Gasteiger partial charge in [-0.15, -0.1) is 0 Å². The highest BCUT2D eigenvalue weighted by molar-refractivity contribution is 9.10. The maximum Gasteiger partial charge on any atom is 0.411 e. The van der Waals surface area contributed by atoms with E-state index >= 15 is 0 Å². The van der Waals surface area contributed by atoms with Crippen molar-refractivity contribution in [2.75, 3.05) is 34.0 Å². The fourth-order valence-electron chi connectivity index (χ4n) is 1.59. The quantitative estimate of drug-likeness (QED) is 0.712. The van der Waals surface area contributed by atoms with Crippen LogP contribution in [0.2, 0.25) is 0 Å². The highest BCUT2D eigenvalue weighted by atomic mass is 79.9. The summed E-state index contributed by atoms with van der Waals surface area (Å²) in [4.78, 5) is 0. The molecule has 0 radical (unpaired) electrons. The average molecular weight is 372 g/mol. The zero-order valence-corrected chi connectivity index (χ0v) is 13.3. The van der Waals surface area contributed by atoms with Gasteiger partial charge in [-0.2, -0.15) is 13.2 Å². The van der Waals surface area contributed by atoms with Gasteiger partial charge in [-0.1, -0.05) is 15.9 Å². The molecule has 0 unspecified atom stereocenters. The molecule has 0 aliphatic heterocycles. The molecule has 0 aliphatic carbocycles. The molecule has 0 saturated carbocycles. The predicted molar refractivity (Wildman–Crippen MR) is 75.8 cm³/mol. The van der Waals surface area contributed by atoms with Crippen LogP contribution < -0.4 is 14.8 Å². The summed E-state index contributed by atoms with van der Waals surface area (Å²) in [5.74, 6) is 1.19. The highest BCUT2D eigenvalue weighted by Gasteiger charge is 2.27. The molecule has 0 spiro atoms. The van der Waals surface area contributed by atoms with Crippen molar-refractivity contribution in [2.24, 2.45) is 0 Å². The molecule has 8 heteroatoms. The zero-order chi connectivity index (χ0) is 15.9. The maximum absolute atomic E-state index is 11.9. The van der Waals surface area contributed by atoms with E-state index in [-0.39, 0.29) is 6.61 Å². The molecule has 1 aromatic carbocycles. The summed E-state index contributed by atoms with van der Waals surface area (Å²) in [6.07, 6.45) is -4.29. The lowest BCUT2D eigenvalue weighted by atomic mass is 10.2. The standard InChI is InChI=1S/C13H17BrF3NO3/c1-19-11-5-9(10(14)6-12(11)20-2)7-18-3-4-21-8-13(15,16)17/h5-6,18H,3-4,7-8H2,1-2H3. The van der Waals surface area contributed by atoms with E-state index in [1.807, 2.05) is 0 Å². The molecular weight excluding hydrogens is 355 g/mol. The van der Waals surface area contributed by atoms with Crippen molar-refractivity contribution in [3.05, 3.63) is 22.2 Å². The van der Waals surface area contributed by atoms with Crippen LogP contribution in [0.25, 0.3) is 0 Å². The molecule has 0 bridgehead atoms. The first-order chi connectivity index (χ1) is 9.87. The van der Waals surface area contributed by atoms with Crippen LogP contribution in [0.5, 0.6) is 11.5 Å². The van der Waals surface area contributed by atoms with Crippen molar-refractivity contribution < 1.29 is 27.4 Å². The lowest BCUT2D eigenvalue weighted by molar-refractivity contribution is -0.173.